The van der Waals surface area contributed by atoms with Gasteiger partial charge < -0.3 is 30.3 Å². The second kappa shape index (κ2) is 11.7. The van der Waals surface area contributed by atoms with Crippen LogP contribution in [-0.4, -0.2) is 57.1 Å². The zero-order chi connectivity index (χ0) is 29.8. The van der Waals surface area contributed by atoms with Crippen molar-refractivity contribution in [2.24, 2.45) is 4.99 Å². The van der Waals surface area contributed by atoms with Crippen LogP contribution in [0.2, 0.25) is 0 Å². The van der Waals surface area contributed by atoms with E-state index < -0.39 is 0 Å². The van der Waals surface area contributed by atoms with E-state index in [2.05, 4.69) is 45.5 Å². The Kier molecular flexibility index (Phi) is 7.37. The predicted octanol–water partition coefficient (Wildman–Crippen LogP) is 2.53. The number of rotatable bonds is 10. The van der Waals surface area contributed by atoms with Crippen molar-refractivity contribution in [3.63, 3.8) is 0 Å². The van der Waals surface area contributed by atoms with Crippen molar-refractivity contribution in [3.05, 3.63) is 67.3 Å². The Labute approximate surface area is 242 Å². The number of aryl methyl sites for hydroxylation is 2. The first-order chi connectivity index (χ1) is 20.9. The molecule has 16 heteroatoms. The molecule has 0 fully saturated rings. The van der Waals surface area contributed by atoms with Gasteiger partial charge >= 0.3 is 0 Å². The van der Waals surface area contributed by atoms with Gasteiger partial charge in [-0.15, -0.1) is 0 Å². The number of nitrogens with zero attached hydrogens (tertiary/aromatic N) is 9. The maximum absolute atomic E-state index is 12.5. The lowest BCUT2D eigenvalue weighted by Gasteiger charge is -2.06. The predicted molar refractivity (Wildman–Crippen MR) is 158 cm³/mol. The van der Waals surface area contributed by atoms with Crippen LogP contribution in [0.4, 0.5) is 29.1 Å². The van der Waals surface area contributed by atoms with Crippen LogP contribution in [0.3, 0.4) is 0 Å². The molecule has 0 aliphatic rings. The third-order valence-electron chi connectivity index (χ3n) is 6.41. The highest BCUT2D eigenvalue weighted by Crippen LogP contribution is 2.22. The number of carbonyl (C=O) groups excluding carboxylic acids is 2. The lowest BCUT2D eigenvalue weighted by Crippen LogP contribution is -2.14. The fourth-order valence-corrected chi connectivity index (χ4v) is 4.25. The zero-order valence-corrected chi connectivity index (χ0v) is 22.6. The molecule has 6 aromatic rings. The minimum absolute atomic E-state index is 0.160. The molecule has 2 amide bonds. The molecule has 5 aromatic heterocycles. The molecule has 6 N–H and O–H groups in total. The first-order valence-corrected chi connectivity index (χ1v) is 13.1. The van der Waals surface area contributed by atoms with Crippen LogP contribution in [0, 0.1) is 0 Å². The third kappa shape index (κ3) is 6.12. The Morgan fingerprint density at radius 2 is 1.35 bits per heavy atom. The molecule has 6 rings (SSSR count). The average molecular weight is 580 g/mol. The smallest absolute Gasteiger partial charge is 0.228 e. The fourth-order valence-electron chi connectivity index (χ4n) is 4.25. The molecule has 0 radical (unpaired) electrons. The van der Waals surface area contributed by atoms with Crippen molar-refractivity contribution in [3.8, 4) is 0 Å². The second-order valence-electron chi connectivity index (χ2n) is 9.35. The number of benzene rings is 1. The van der Waals surface area contributed by atoms with Crippen LogP contribution >= 0.6 is 0 Å². The van der Waals surface area contributed by atoms with Gasteiger partial charge in [0.15, 0.2) is 22.9 Å². The average Bonchev–Trinajstić information content (AvgIpc) is 3.74. The van der Waals surface area contributed by atoms with Crippen LogP contribution in [0.1, 0.15) is 18.4 Å². The molecule has 0 aliphatic carbocycles. The molecule has 16 nitrogen and oxygen atoms in total. The second-order valence-corrected chi connectivity index (χ2v) is 9.35. The fraction of sp³-hybridized carbons (Fsp3) is 0.148. The number of carbonyl (C=O) groups is 2. The van der Waals surface area contributed by atoms with Crippen LogP contribution in [0.15, 0.2) is 71.1 Å². The summed E-state index contributed by atoms with van der Waals surface area (Å²) in [7, 11) is 0. The van der Waals surface area contributed by atoms with Crippen LogP contribution in [-0.2, 0) is 22.7 Å². The van der Waals surface area contributed by atoms with Gasteiger partial charge in [-0.05, 0) is 17.7 Å². The highest BCUT2D eigenvalue weighted by atomic mass is 16.4. The number of nitrogen functional groups attached to an aromatic ring is 2. The molecule has 0 bridgehead atoms. The van der Waals surface area contributed by atoms with Gasteiger partial charge in [0.2, 0.25) is 23.6 Å². The van der Waals surface area contributed by atoms with Gasteiger partial charge in [0, 0.05) is 50.0 Å². The summed E-state index contributed by atoms with van der Waals surface area (Å²) < 4.78 is 9.09. The molecular formula is C27H25N13O3. The third-order valence-corrected chi connectivity index (χ3v) is 6.41. The number of aromatic nitrogens is 8. The number of imidazole rings is 2. The maximum atomic E-state index is 12.5. The van der Waals surface area contributed by atoms with Gasteiger partial charge in [0.05, 0.1) is 12.7 Å². The van der Waals surface area contributed by atoms with Crippen LogP contribution in [0.25, 0.3) is 22.3 Å². The van der Waals surface area contributed by atoms with E-state index in [0.29, 0.717) is 52.8 Å². The van der Waals surface area contributed by atoms with E-state index in [1.807, 2.05) is 12.1 Å². The Bertz CT molecular complexity index is 1960. The van der Waals surface area contributed by atoms with E-state index in [1.54, 1.807) is 52.3 Å². The topological polar surface area (TPSA) is 223 Å². The molecule has 0 saturated carbocycles. The number of anilines is 4. The molecule has 43 heavy (non-hydrogen) atoms. The van der Waals surface area contributed by atoms with Crippen molar-refractivity contribution in [1.82, 2.24) is 39.0 Å². The number of furan rings is 1. The number of aliphatic imine (C=N–C) groups is 1. The summed E-state index contributed by atoms with van der Waals surface area (Å²) in [6.07, 6.45) is 7.89. The van der Waals surface area contributed by atoms with Crippen molar-refractivity contribution < 1.29 is 14.0 Å². The number of nitrogens with two attached hydrogens (primary N) is 2. The summed E-state index contributed by atoms with van der Waals surface area (Å²) in [4.78, 5) is 53.8. The number of fused-ring (bicyclic) bond motifs is 2. The molecule has 1 aromatic carbocycles. The van der Waals surface area contributed by atoms with E-state index in [1.165, 1.54) is 12.7 Å². The molecule has 0 saturated heterocycles. The molecule has 0 spiro atoms. The SMILES string of the molecule is Nc1ncnc2c1ncn2CCC(=O)Nc1ccc(/C=N/c2ccc(NC(=O)CCn3cnc4c(N)ncnc43)o2)cc1. The Hall–Kier alpha value is -6.19. The van der Waals surface area contributed by atoms with Gasteiger partial charge in [-0.2, -0.15) is 0 Å². The first kappa shape index (κ1) is 27.0. The van der Waals surface area contributed by atoms with Crippen LogP contribution < -0.4 is 22.1 Å². The number of nitrogens with one attached hydrogen (secondary N) is 2. The van der Waals surface area contributed by atoms with Gasteiger partial charge in [0.1, 0.15) is 23.7 Å². The first-order valence-electron chi connectivity index (χ1n) is 13.1. The summed E-state index contributed by atoms with van der Waals surface area (Å²) in [5.74, 6) is 0.771. The monoisotopic (exact) mass is 579 g/mol. The van der Waals surface area contributed by atoms with Gasteiger partial charge in [0.25, 0.3) is 0 Å². The zero-order valence-electron chi connectivity index (χ0n) is 22.6. The lowest BCUT2D eigenvalue weighted by atomic mass is 10.2. The van der Waals surface area contributed by atoms with Gasteiger partial charge in [-0.3, -0.25) is 14.9 Å². The summed E-state index contributed by atoms with van der Waals surface area (Å²) in [5, 5.41) is 5.58. The molecular weight excluding hydrogens is 554 g/mol. The highest BCUT2D eigenvalue weighted by Gasteiger charge is 2.12. The molecule has 216 valence electrons. The van der Waals surface area contributed by atoms with E-state index in [0.717, 1.165) is 5.56 Å². The Balaban J connectivity index is 0.970. The van der Waals surface area contributed by atoms with Crippen molar-refractivity contribution in [2.45, 2.75) is 25.9 Å². The molecule has 0 unspecified atom stereocenters. The van der Waals surface area contributed by atoms with Gasteiger partial charge in [-0.1, -0.05) is 12.1 Å². The number of hydrogen-bond acceptors (Lipinski definition) is 12. The van der Waals surface area contributed by atoms with E-state index in [4.69, 9.17) is 15.9 Å². The maximum Gasteiger partial charge on any atom is 0.228 e. The summed E-state index contributed by atoms with van der Waals surface area (Å²) in [5.41, 5.74) is 15.2. The van der Waals surface area contributed by atoms with Gasteiger partial charge in [-0.25, -0.2) is 34.9 Å². The standard InChI is InChI=1S/C27H25N13O3/c28-24-22-26(33-12-31-24)39(14-35-22)9-7-18(41)37-17-3-1-16(2-4-17)11-30-20-5-6-21(43-20)38-19(42)8-10-40-15-36-23-25(29)32-13-34-27(23)40/h1-6,11-15H,7-10H2,(H,37,41)(H,38,42)(H2,28,31,33)(H2,29,32,34)/b30-11+. The van der Waals surface area contributed by atoms with Crippen molar-refractivity contribution in [2.75, 3.05) is 22.1 Å². The minimum atomic E-state index is -0.247. The van der Waals surface area contributed by atoms with E-state index >= 15 is 0 Å². The lowest BCUT2D eigenvalue weighted by molar-refractivity contribution is -0.117. The highest BCUT2D eigenvalue weighted by molar-refractivity contribution is 5.92. The molecule has 5 heterocycles. The van der Waals surface area contributed by atoms with Crippen molar-refractivity contribution in [1.29, 1.82) is 0 Å². The number of hydrogen-bond donors (Lipinski definition) is 4. The van der Waals surface area contributed by atoms with E-state index in [9.17, 15) is 9.59 Å². The summed E-state index contributed by atoms with van der Waals surface area (Å²) in [6.45, 7) is 0.746. The van der Waals surface area contributed by atoms with Crippen molar-refractivity contribution >= 4 is 69.4 Å². The summed E-state index contributed by atoms with van der Waals surface area (Å²) >= 11 is 0. The van der Waals surface area contributed by atoms with Crippen LogP contribution in [0.5, 0.6) is 0 Å². The quantitative estimate of drug-likeness (QED) is 0.173. The molecule has 0 atom stereocenters. The largest absolute Gasteiger partial charge is 0.423 e. The normalized spacial score (nSPS) is 11.4. The minimum Gasteiger partial charge on any atom is -0.423 e. The summed E-state index contributed by atoms with van der Waals surface area (Å²) in [6, 6.07) is 10.4. The number of amides is 2. The Morgan fingerprint density at radius 1 is 0.767 bits per heavy atom. The Morgan fingerprint density at radius 3 is 1.95 bits per heavy atom. The molecule has 0 aliphatic heterocycles. The van der Waals surface area contributed by atoms with E-state index in [-0.39, 0.29) is 36.4 Å².